The smallest absolute Gasteiger partial charge is 0.234 e. The summed E-state index contributed by atoms with van der Waals surface area (Å²) in [5, 5.41) is 2.73. The highest BCUT2D eigenvalue weighted by molar-refractivity contribution is 7.99. The molecule has 0 heterocycles. The Morgan fingerprint density at radius 1 is 1.50 bits per heavy atom. The zero-order valence-electron chi connectivity index (χ0n) is 7.78. The normalized spacial score (nSPS) is 9.57. The minimum atomic E-state index is -0.102. The first-order chi connectivity index (χ1) is 6.76. The lowest BCUT2D eigenvalue weighted by Gasteiger charge is -2.06. The van der Waals surface area contributed by atoms with Crippen molar-refractivity contribution in [3.05, 3.63) is 24.3 Å². The second-order valence-corrected chi connectivity index (χ2v) is 3.52. The molecule has 76 valence electrons. The van der Waals surface area contributed by atoms with Crippen LogP contribution in [0.4, 0.5) is 11.4 Å². The van der Waals surface area contributed by atoms with Crippen molar-refractivity contribution in [1.29, 1.82) is 0 Å². The van der Waals surface area contributed by atoms with Gasteiger partial charge in [-0.25, -0.2) is 0 Å². The molecule has 0 saturated carbocycles. The van der Waals surface area contributed by atoms with Gasteiger partial charge in [-0.15, -0.1) is 0 Å². The lowest BCUT2D eigenvalue weighted by molar-refractivity contribution is -0.113. The molecule has 1 aromatic rings. The van der Waals surface area contributed by atoms with Gasteiger partial charge in [-0.2, -0.15) is 12.6 Å². The molecule has 0 aliphatic rings. The van der Waals surface area contributed by atoms with Crippen molar-refractivity contribution in [2.75, 3.05) is 22.0 Å². The fourth-order valence-electron chi connectivity index (χ4n) is 0.979. The summed E-state index contributed by atoms with van der Waals surface area (Å²) in [6.45, 7) is 0. The number of carbonyl (C=O) groups excluding carboxylic acids is 1. The van der Waals surface area contributed by atoms with E-state index < -0.39 is 0 Å². The van der Waals surface area contributed by atoms with Gasteiger partial charge in [0.2, 0.25) is 5.91 Å². The molecule has 2 N–H and O–H groups in total. The Bertz CT molecular complexity index is 317. The van der Waals surface area contributed by atoms with Crippen molar-refractivity contribution in [1.82, 2.24) is 0 Å². The third kappa shape index (κ3) is 3.51. The van der Waals surface area contributed by atoms with Gasteiger partial charge in [-0.1, -0.05) is 18.0 Å². The van der Waals surface area contributed by atoms with Crippen LogP contribution in [0.1, 0.15) is 0 Å². The first-order valence-electron chi connectivity index (χ1n) is 4.06. The monoisotopic (exact) mass is 228 g/mol. The number of anilines is 2. The second kappa shape index (κ2) is 5.82. The Kier molecular flexibility index (Phi) is 4.69. The van der Waals surface area contributed by atoms with Gasteiger partial charge < -0.3 is 10.0 Å². The van der Waals surface area contributed by atoms with Crippen LogP contribution in [0.25, 0.3) is 0 Å². The van der Waals surface area contributed by atoms with E-state index in [1.807, 2.05) is 30.5 Å². The molecule has 0 atom stereocenters. The first-order valence-corrected chi connectivity index (χ1v) is 5.91. The molecule has 0 fully saturated rings. The number of carbonyl (C=O) groups is 1. The third-order valence-corrected chi connectivity index (χ3v) is 2.24. The van der Waals surface area contributed by atoms with Gasteiger partial charge in [0, 0.05) is 17.6 Å². The molecule has 1 aromatic carbocycles. The van der Waals surface area contributed by atoms with E-state index in [1.54, 1.807) is 0 Å². The van der Waals surface area contributed by atoms with E-state index in [9.17, 15) is 4.79 Å². The molecule has 5 heteroatoms. The molecular weight excluding hydrogens is 216 g/mol. The van der Waals surface area contributed by atoms with Gasteiger partial charge in [-0.05, 0) is 18.2 Å². The molecule has 0 radical (unpaired) electrons. The summed E-state index contributed by atoms with van der Waals surface area (Å²) in [4.78, 5) is 11.0. The molecular formula is C9H12N2OS2. The molecule has 0 aliphatic carbocycles. The average Bonchev–Trinajstić information content (AvgIpc) is 2.19. The summed E-state index contributed by atoms with van der Waals surface area (Å²) in [5.74, 6) is 0.0924. The van der Waals surface area contributed by atoms with Gasteiger partial charge >= 0.3 is 0 Å². The predicted octanol–water partition coefficient (Wildman–Crippen LogP) is 2.24. The van der Waals surface area contributed by atoms with E-state index in [0.29, 0.717) is 0 Å². The first kappa shape index (κ1) is 11.3. The van der Waals surface area contributed by atoms with Crippen LogP contribution >= 0.6 is 24.6 Å². The molecule has 3 nitrogen and oxygen atoms in total. The standard InChI is InChI=1S/C9H12N2OS2/c1-14-11-8-4-2-3-7(5-8)10-9(12)6-13/h2-5,11,13H,6H2,1H3,(H,10,12). The van der Waals surface area contributed by atoms with Crippen LogP contribution in [0.15, 0.2) is 24.3 Å². The van der Waals surface area contributed by atoms with Crippen LogP contribution < -0.4 is 10.0 Å². The Morgan fingerprint density at radius 2 is 2.21 bits per heavy atom. The highest BCUT2D eigenvalue weighted by Gasteiger charge is 1.99. The van der Waals surface area contributed by atoms with E-state index in [1.165, 1.54) is 11.9 Å². The Morgan fingerprint density at radius 3 is 2.86 bits per heavy atom. The second-order valence-electron chi connectivity index (χ2n) is 2.59. The van der Waals surface area contributed by atoms with Crippen molar-refractivity contribution in [3.63, 3.8) is 0 Å². The molecule has 0 aromatic heterocycles. The molecule has 0 aliphatic heterocycles. The van der Waals surface area contributed by atoms with Crippen LogP contribution in [0.5, 0.6) is 0 Å². The van der Waals surface area contributed by atoms with Crippen molar-refractivity contribution < 1.29 is 4.79 Å². The van der Waals surface area contributed by atoms with Crippen molar-refractivity contribution in [3.8, 4) is 0 Å². The summed E-state index contributed by atoms with van der Waals surface area (Å²) in [6, 6.07) is 7.53. The number of rotatable bonds is 4. The maximum atomic E-state index is 11.0. The van der Waals surface area contributed by atoms with E-state index in [0.717, 1.165) is 11.4 Å². The lowest BCUT2D eigenvalue weighted by atomic mass is 10.3. The van der Waals surface area contributed by atoms with Crippen molar-refractivity contribution >= 4 is 41.9 Å². The van der Waals surface area contributed by atoms with Gasteiger partial charge in [0.15, 0.2) is 0 Å². The number of hydrogen-bond acceptors (Lipinski definition) is 4. The summed E-state index contributed by atoms with van der Waals surface area (Å²) in [5.41, 5.74) is 1.75. The zero-order chi connectivity index (χ0) is 10.4. The average molecular weight is 228 g/mol. The highest BCUT2D eigenvalue weighted by Crippen LogP contribution is 2.17. The van der Waals surface area contributed by atoms with E-state index in [4.69, 9.17) is 0 Å². The van der Waals surface area contributed by atoms with Crippen molar-refractivity contribution in [2.45, 2.75) is 0 Å². The number of hydrogen-bond donors (Lipinski definition) is 3. The van der Waals surface area contributed by atoms with E-state index in [-0.39, 0.29) is 11.7 Å². The summed E-state index contributed by atoms with van der Waals surface area (Å²) in [6.07, 6.45) is 1.94. The highest BCUT2D eigenvalue weighted by atomic mass is 32.2. The van der Waals surface area contributed by atoms with Crippen LogP contribution in [0.2, 0.25) is 0 Å². The fraction of sp³-hybridized carbons (Fsp3) is 0.222. The van der Waals surface area contributed by atoms with Crippen LogP contribution in [0, 0.1) is 0 Å². The zero-order valence-corrected chi connectivity index (χ0v) is 9.49. The van der Waals surface area contributed by atoms with Crippen LogP contribution in [-0.4, -0.2) is 17.9 Å². The fourth-order valence-corrected chi connectivity index (χ4v) is 1.42. The van der Waals surface area contributed by atoms with E-state index in [2.05, 4.69) is 22.7 Å². The minimum Gasteiger partial charge on any atom is -0.330 e. The Labute approximate surface area is 93.2 Å². The lowest BCUT2D eigenvalue weighted by Crippen LogP contribution is -2.12. The van der Waals surface area contributed by atoms with Gasteiger partial charge in [0.1, 0.15) is 0 Å². The molecule has 0 spiro atoms. The number of nitrogens with one attached hydrogen (secondary N) is 2. The summed E-state index contributed by atoms with van der Waals surface area (Å²) >= 11 is 5.39. The quantitative estimate of drug-likeness (QED) is 0.547. The maximum Gasteiger partial charge on any atom is 0.234 e. The maximum absolute atomic E-state index is 11.0. The molecule has 0 unspecified atom stereocenters. The molecule has 1 amide bonds. The Balaban J connectivity index is 2.68. The van der Waals surface area contributed by atoms with Crippen LogP contribution in [-0.2, 0) is 4.79 Å². The van der Waals surface area contributed by atoms with Gasteiger partial charge in [0.05, 0.1) is 5.75 Å². The molecule has 0 bridgehead atoms. The number of thiol groups is 1. The van der Waals surface area contributed by atoms with Crippen molar-refractivity contribution in [2.24, 2.45) is 0 Å². The Hall–Kier alpha value is -0.810. The number of benzene rings is 1. The van der Waals surface area contributed by atoms with E-state index >= 15 is 0 Å². The largest absolute Gasteiger partial charge is 0.330 e. The topological polar surface area (TPSA) is 41.1 Å². The van der Waals surface area contributed by atoms with Gasteiger partial charge in [0.25, 0.3) is 0 Å². The molecule has 1 rings (SSSR count). The summed E-state index contributed by atoms with van der Waals surface area (Å²) in [7, 11) is 0. The van der Waals surface area contributed by atoms with Crippen LogP contribution in [0.3, 0.4) is 0 Å². The molecule has 0 saturated heterocycles. The number of amides is 1. The minimum absolute atomic E-state index is 0.102. The third-order valence-electron chi connectivity index (χ3n) is 1.51. The molecule has 14 heavy (non-hydrogen) atoms. The predicted molar refractivity (Wildman–Crippen MR) is 66.1 cm³/mol. The van der Waals surface area contributed by atoms with Gasteiger partial charge in [-0.3, -0.25) is 4.79 Å². The summed E-state index contributed by atoms with van der Waals surface area (Å²) < 4.78 is 3.09. The SMILES string of the molecule is CSNc1cccc(NC(=O)CS)c1.